The Balaban J connectivity index is 1.69. The normalized spacial score (nSPS) is 12.0. The van der Waals surface area contributed by atoms with Gasteiger partial charge >= 0.3 is 0 Å². The molecule has 0 saturated heterocycles. The molecule has 11 heteroatoms. The molecule has 1 heterocycles. The van der Waals surface area contributed by atoms with Crippen LogP contribution in [0.2, 0.25) is 10.0 Å². The first-order valence-electron chi connectivity index (χ1n) is 10.5. The van der Waals surface area contributed by atoms with Crippen molar-refractivity contribution in [2.75, 3.05) is 11.1 Å². The van der Waals surface area contributed by atoms with Gasteiger partial charge in [-0.15, -0.1) is 10.2 Å². The molecule has 2 amide bonds. The van der Waals surface area contributed by atoms with Crippen LogP contribution in [0.4, 0.5) is 10.1 Å². The summed E-state index contributed by atoms with van der Waals surface area (Å²) in [6.07, 6.45) is 0.624. The third kappa shape index (κ3) is 6.94. The van der Waals surface area contributed by atoms with Gasteiger partial charge in [-0.1, -0.05) is 48.8 Å². The first-order valence-corrected chi connectivity index (χ1v) is 12.2. The van der Waals surface area contributed by atoms with Crippen molar-refractivity contribution in [1.82, 2.24) is 20.1 Å². The number of amides is 2. The molecule has 0 fully saturated rings. The van der Waals surface area contributed by atoms with Crippen molar-refractivity contribution in [2.24, 2.45) is 13.0 Å². The zero-order chi connectivity index (χ0) is 24.8. The Kier molecular flexibility index (Phi) is 8.93. The number of thioether (sulfide) groups is 1. The molecule has 34 heavy (non-hydrogen) atoms. The van der Waals surface area contributed by atoms with Gasteiger partial charge in [0.15, 0.2) is 11.0 Å². The molecule has 0 radical (unpaired) electrons. The number of rotatable bonds is 9. The van der Waals surface area contributed by atoms with Gasteiger partial charge in [-0.25, -0.2) is 4.39 Å². The van der Waals surface area contributed by atoms with Crippen LogP contribution in [0.25, 0.3) is 0 Å². The predicted octanol–water partition coefficient (Wildman–Crippen LogP) is 5.51. The van der Waals surface area contributed by atoms with Crippen LogP contribution < -0.4 is 10.6 Å². The second kappa shape index (κ2) is 11.7. The maximum Gasteiger partial charge on any atom is 0.253 e. The van der Waals surface area contributed by atoms with Crippen molar-refractivity contribution in [1.29, 1.82) is 0 Å². The average Bonchev–Trinajstić information content (AvgIpc) is 3.13. The molecule has 3 rings (SSSR count). The van der Waals surface area contributed by atoms with Gasteiger partial charge in [-0.2, -0.15) is 0 Å². The van der Waals surface area contributed by atoms with E-state index in [0.717, 1.165) is 0 Å². The van der Waals surface area contributed by atoms with Crippen molar-refractivity contribution in [3.63, 3.8) is 0 Å². The van der Waals surface area contributed by atoms with Crippen LogP contribution in [0, 0.1) is 11.7 Å². The van der Waals surface area contributed by atoms with Crippen molar-refractivity contribution in [3.05, 3.63) is 69.7 Å². The van der Waals surface area contributed by atoms with E-state index >= 15 is 0 Å². The van der Waals surface area contributed by atoms with E-state index < -0.39 is 6.04 Å². The molecule has 1 aromatic heterocycles. The molecule has 2 aromatic carbocycles. The lowest BCUT2D eigenvalue weighted by molar-refractivity contribution is -0.113. The van der Waals surface area contributed by atoms with Crippen LogP contribution >= 0.6 is 35.0 Å². The molecule has 0 unspecified atom stereocenters. The minimum Gasteiger partial charge on any atom is -0.342 e. The smallest absolute Gasteiger partial charge is 0.253 e. The lowest BCUT2D eigenvalue weighted by atomic mass is 10.0. The van der Waals surface area contributed by atoms with E-state index in [4.69, 9.17) is 23.2 Å². The van der Waals surface area contributed by atoms with Gasteiger partial charge < -0.3 is 15.2 Å². The molecule has 0 aliphatic heterocycles. The fraction of sp³-hybridized carbons (Fsp3) is 0.304. The van der Waals surface area contributed by atoms with E-state index in [9.17, 15) is 14.0 Å². The van der Waals surface area contributed by atoms with Crippen LogP contribution in [0.15, 0.2) is 47.6 Å². The molecule has 0 bridgehead atoms. The second-order valence-electron chi connectivity index (χ2n) is 8.02. The summed E-state index contributed by atoms with van der Waals surface area (Å²) in [5.41, 5.74) is 0.820. The third-order valence-electron chi connectivity index (χ3n) is 4.83. The summed E-state index contributed by atoms with van der Waals surface area (Å²) in [5.74, 6) is -0.0618. The van der Waals surface area contributed by atoms with Gasteiger partial charge in [-0.05, 0) is 54.8 Å². The van der Waals surface area contributed by atoms with Gasteiger partial charge in [0.2, 0.25) is 5.91 Å². The molecule has 0 spiro atoms. The summed E-state index contributed by atoms with van der Waals surface area (Å²) in [5, 5.41) is 15.4. The van der Waals surface area contributed by atoms with Crippen LogP contribution in [-0.4, -0.2) is 32.3 Å². The maximum absolute atomic E-state index is 13.0. The van der Waals surface area contributed by atoms with E-state index in [1.807, 2.05) is 13.8 Å². The second-order valence-corrected chi connectivity index (χ2v) is 9.81. The van der Waals surface area contributed by atoms with E-state index in [1.54, 1.807) is 23.7 Å². The predicted molar refractivity (Wildman–Crippen MR) is 133 cm³/mol. The van der Waals surface area contributed by atoms with Crippen LogP contribution in [0.5, 0.6) is 0 Å². The summed E-state index contributed by atoms with van der Waals surface area (Å²) in [4.78, 5) is 25.2. The molecule has 2 N–H and O–H groups in total. The van der Waals surface area contributed by atoms with Crippen molar-refractivity contribution >= 4 is 52.5 Å². The highest BCUT2D eigenvalue weighted by Crippen LogP contribution is 2.26. The standard InChI is InChI=1S/C23H24Cl2FN5O2S/c1-13(2)10-19(28-22(33)17-9-4-14(24)11-18(17)25)21-29-30-23(31(21)3)34-12-20(32)27-16-7-5-15(26)6-8-16/h4-9,11,13,19H,10,12H2,1-3H3,(H,27,32)(H,28,33)/t19-/m0/s1. The largest absolute Gasteiger partial charge is 0.342 e. The Hall–Kier alpha value is -2.62. The molecule has 3 aromatic rings. The van der Waals surface area contributed by atoms with Crippen molar-refractivity contribution < 1.29 is 14.0 Å². The van der Waals surface area contributed by atoms with Crippen molar-refractivity contribution in [3.8, 4) is 0 Å². The third-order valence-corrected chi connectivity index (χ3v) is 6.40. The highest BCUT2D eigenvalue weighted by Gasteiger charge is 2.24. The summed E-state index contributed by atoms with van der Waals surface area (Å²) >= 11 is 13.3. The van der Waals surface area contributed by atoms with E-state index in [-0.39, 0.29) is 34.3 Å². The van der Waals surface area contributed by atoms with Crippen LogP contribution in [-0.2, 0) is 11.8 Å². The molecule has 180 valence electrons. The summed E-state index contributed by atoms with van der Waals surface area (Å²) in [6.45, 7) is 4.08. The fourth-order valence-corrected chi connectivity index (χ4v) is 4.44. The molecular formula is C23H24Cl2FN5O2S. The summed E-state index contributed by atoms with van der Waals surface area (Å²) < 4.78 is 14.8. The lowest BCUT2D eigenvalue weighted by Gasteiger charge is -2.20. The molecule has 0 saturated carbocycles. The minimum absolute atomic E-state index is 0.0882. The van der Waals surface area contributed by atoms with E-state index in [0.29, 0.717) is 33.7 Å². The van der Waals surface area contributed by atoms with E-state index in [2.05, 4.69) is 20.8 Å². The SMILES string of the molecule is CC(C)C[C@H](NC(=O)c1ccc(Cl)cc1Cl)c1nnc(SCC(=O)Nc2ccc(F)cc2)n1C. The zero-order valence-electron chi connectivity index (χ0n) is 18.8. The summed E-state index contributed by atoms with van der Waals surface area (Å²) in [6, 6.07) is 9.81. The molecular weight excluding hydrogens is 500 g/mol. The number of anilines is 1. The number of hydrogen-bond acceptors (Lipinski definition) is 5. The number of hydrogen-bond donors (Lipinski definition) is 2. The molecule has 0 aliphatic rings. The lowest BCUT2D eigenvalue weighted by Crippen LogP contribution is -2.31. The maximum atomic E-state index is 13.0. The number of carbonyl (C=O) groups excluding carboxylic acids is 2. The quantitative estimate of drug-likeness (QED) is 0.361. The Morgan fingerprint density at radius 1 is 1.12 bits per heavy atom. The number of carbonyl (C=O) groups is 2. The topological polar surface area (TPSA) is 88.9 Å². The first-order chi connectivity index (χ1) is 16.1. The minimum atomic E-state index is -0.417. The van der Waals surface area contributed by atoms with Crippen LogP contribution in [0.1, 0.15) is 42.5 Å². The average molecular weight is 524 g/mol. The monoisotopic (exact) mass is 523 g/mol. The Bertz CT molecular complexity index is 1170. The van der Waals surface area contributed by atoms with Gasteiger partial charge in [0.1, 0.15) is 5.82 Å². The van der Waals surface area contributed by atoms with E-state index in [1.165, 1.54) is 42.1 Å². The van der Waals surface area contributed by atoms with Gasteiger partial charge in [0.25, 0.3) is 5.91 Å². The summed E-state index contributed by atoms with van der Waals surface area (Å²) in [7, 11) is 1.78. The highest BCUT2D eigenvalue weighted by molar-refractivity contribution is 7.99. The Morgan fingerprint density at radius 2 is 1.82 bits per heavy atom. The highest BCUT2D eigenvalue weighted by atomic mass is 35.5. The number of nitrogens with one attached hydrogen (secondary N) is 2. The fourth-order valence-electron chi connectivity index (χ4n) is 3.23. The number of nitrogens with zero attached hydrogens (tertiary/aromatic N) is 3. The van der Waals surface area contributed by atoms with Gasteiger partial charge in [-0.3, -0.25) is 9.59 Å². The number of aromatic nitrogens is 3. The Morgan fingerprint density at radius 3 is 2.47 bits per heavy atom. The first kappa shape index (κ1) is 26.0. The van der Waals surface area contributed by atoms with Crippen LogP contribution in [0.3, 0.4) is 0 Å². The molecule has 0 aliphatic carbocycles. The molecule has 1 atom stereocenters. The van der Waals surface area contributed by atoms with Gasteiger partial charge in [0, 0.05) is 17.8 Å². The molecule has 7 nitrogen and oxygen atoms in total. The van der Waals surface area contributed by atoms with Crippen molar-refractivity contribution in [2.45, 2.75) is 31.5 Å². The Labute approximate surface area is 211 Å². The van der Waals surface area contributed by atoms with Gasteiger partial charge in [0.05, 0.1) is 22.4 Å². The zero-order valence-corrected chi connectivity index (χ0v) is 21.1. The number of halogens is 3. The number of benzene rings is 2.